The van der Waals surface area contributed by atoms with Crippen LogP contribution in [0.25, 0.3) is 0 Å². The summed E-state index contributed by atoms with van der Waals surface area (Å²) in [5.74, 6) is 0.198. The fraction of sp³-hybridized carbons (Fsp3) is 0.625. The molecule has 4 nitrogen and oxygen atoms in total. The van der Waals surface area contributed by atoms with Gasteiger partial charge in [-0.2, -0.15) is 0 Å². The van der Waals surface area contributed by atoms with Crippen LogP contribution in [0.2, 0.25) is 4.47 Å². The van der Waals surface area contributed by atoms with Crippen LogP contribution in [-0.4, -0.2) is 27.0 Å². The van der Waals surface area contributed by atoms with E-state index < -0.39 is 0 Å². The van der Waals surface area contributed by atoms with Gasteiger partial charge in [0.15, 0.2) is 0 Å². The van der Waals surface area contributed by atoms with Gasteiger partial charge in [-0.1, -0.05) is 11.3 Å². The van der Waals surface area contributed by atoms with E-state index >= 15 is 0 Å². The van der Waals surface area contributed by atoms with Crippen molar-refractivity contribution < 1.29 is 4.79 Å². The molecule has 6 heteroatoms. The van der Waals surface area contributed by atoms with Gasteiger partial charge < -0.3 is 4.90 Å². The minimum absolute atomic E-state index is 0.198. The molecule has 0 N–H and O–H groups in total. The molecule has 0 spiro atoms. The van der Waals surface area contributed by atoms with Gasteiger partial charge in [0.2, 0.25) is 10.4 Å². The molecule has 1 aromatic heterocycles. The summed E-state index contributed by atoms with van der Waals surface area (Å²) < 4.78 is 0.430. The molecule has 76 valence electrons. The number of halogens is 1. The summed E-state index contributed by atoms with van der Waals surface area (Å²) in [5, 5.41) is 8.40. The Morgan fingerprint density at radius 2 is 2.43 bits per heavy atom. The molecule has 0 aromatic carbocycles. The second-order valence-electron chi connectivity index (χ2n) is 3.36. The maximum atomic E-state index is 11.4. The van der Waals surface area contributed by atoms with Crippen molar-refractivity contribution in [3.8, 4) is 0 Å². The molecule has 1 unspecified atom stereocenters. The summed E-state index contributed by atoms with van der Waals surface area (Å²) in [6, 6.07) is 0.310. The Morgan fingerprint density at radius 1 is 1.64 bits per heavy atom. The average molecular weight is 232 g/mol. The number of nitrogens with zero attached hydrogens (tertiary/aromatic N) is 3. The van der Waals surface area contributed by atoms with Crippen LogP contribution < -0.4 is 0 Å². The van der Waals surface area contributed by atoms with Gasteiger partial charge in [0.25, 0.3) is 0 Å². The zero-order chi connectivity index (χ0) is 10.1. The summed E-state index contributed by atoms with van der Waals surface area (Å²) in [7, 11) is 0. The SMILES string of the molecule is CC1CCC(=O)N1Cc1nnc(Cl)s1. The number of rotatable bonds is 2. The van der Waals surface area contributed by atoms with Gasteiger partial charge in [0.05, 0.1) is 6.54 Å². The molecule has 1 fully saturated rings. The molecular weight excluding hydrogens is 222 g/mol. The Labute approximate surface area is 90.9 Å². The summed E-state index contributed by atoms with van der Waals surface area (Å²) >= 11 is 6.99. The minimum Gasteiger partial charge on any atom is -0.333 e. The first-order valence-electron chi connectivity index (χ1n) is 4.44. The number of hydrogen-bond acceptors (Lipinski definition) is 4. The van der Waals surface area contributed by atoms with Gasteiger partial charge in [-0.25, -0.2) is 0 Å². The van der Waals surface area contributed by atoms with E-state index in [0.29, 0.717) is 23.5 Å². The van der Waals surface area contributed by atoms with E-state index in [1.807, 2.05) is 11.8 Å². The van der Waals surface area contributed by atoms with Crippen molar-refractivity contribution >= 4 is 28.8 Å². The second-order valence-corrected chi connectivity index (χ2v) is 5.00. The molecule has 1 aliphatic heterocycles. The van der Waals surface area contributed by atoms with Crippen molar-refractivity contribution in [3.63, 3.8) is 0 Å². The first-order valence-corrected chi connectivity index (χ1v) is 5.63. The van der Waals surface area contributed by atoms with Crippen LogP contribution in [0.4, 0.5) is 0 Å². The van der Waals surface area contributed by atoms with Crippen molar-refractivity contribution in [1.82, 2.24) is 15.1 Å². The van der Waals surface area contributed by atoms with Gasteiger partial charge in [-0.15, -0.1) is 10.2 Å². The molecule has 1 saturated heterocycles. The lowest BCUT2D eigenvalue weighted by Gasteiger charge is -2.19. The molecule has 1 aromatic rings. The van der Waals surface area contributed by atoms with E-state index in [0.717, 1.165) is 11.4 Å². The summed E-state index contributed by atoms with van der Waals surface area (Å²) in [5.41, 5.74) is 0. The third-order valence-corrected chi connectivity index (χ3v) is 3.38. The number of carbonyl (C=O) groups is 1. The normalized spacial score (nSPS) is 22.0. The van der Waals surface area contributed by atoms with Crippen molar-refractivity contribution in [1.29, 1.82) is 0 Å². The minimum atomic E-state index is 0.198. The van der Waals surface area contributed by atoms with E-state index in [-0.39, 0.29) is 5.91 Å². The highest BCUT2D eigenvalue weighted by molar-refractivity contribution is 7.15. The Balaban J connectivity index is 2.06. The lowest BCUT2D eigenvalue weighted by molar-refractivity contribution is -0.129. The standard InChI is InChI=1S/C8H10ClN3OS/c1-5-2-3-7(13)12(5)4-6-10-11-8(9)14-6/h5H,2-4H2,1H3. The summed E-state index contributed by atoms with van der Waals surface area (Å²) in [6.07, 6.45) is 1.58. The molecule has 1 atom stereocenters. The van der Waals surface area contributed by atoms with E-state index in [9.17, 15) is 4.79 Å². The van der Waals surface area contributed by atoms with Gasteiger partial charge in [0.1, 0.15) is 5.01 Å². The van der Waals surface area contributed by atoms with Crippen LogP contribution in [0.3, 0.4) is 0 Å². The van der Waals surface area contributed by atoms with Gasteiger partial charge >= 0.3 is 0 Å². The predicted octanol–water partition coefficient (Wildman–Crippen LogP) is 1.70. The smallest absolute Gasteiger partial charge is 0.223 e. The summed E-state index contributed by atoms with van der Waals surface area (Å²) in [4.78, 5) is 13.3. The number of aromatic nitrogens is 2. The molecule has 14 heavy (non-hydrogen) atoms. The Hall–Kier alpha value is -0.680. The molecule has 0 radical (unpaired) electrons. The van der Waals surface area contributed by atoms with E-state index in [2.05, 4.69) is 10.2 Å². The van der Waals surface area contributed by atoms with Crippen LogP contribution in [0.5, 0.6) is 0 Å². The molecule has 0 bridgehead atoms. The molecule has 0 saturated carbocycles. The molecular formula is C8H10ClN3OS. The lowest BCUT2D eigenvalue weighted by atomic mass is 10.2. The zero-order valence-corrected chi connectivity index (χ0v) is 9.31. The highest BCUT2D eigenvalue weighted by Crippen LogP contribution is 2.23. The first-order chi connectivity index (χ1) is 6.66. The Kier molecular flexibility index (Phi) is 2.69. The van der Waals surface area contributed by atoms with Gasteiger partial charge in [-0.3, -0.25) is 4.79 Å². The fourth-order valence-corrected chi connectivity index (χ4v) is 2.43. The second kappa shape index (κ2) is 3.82. The van der Waals surface area contributed by atoms with Gasteiger partial charge in [0, 0.05) is 12.5 Å². The lowest BCUT2D eigenvalue weighted by Crippen LogP contribution is -2.30. The highest BCUT2D eigenvalue weighted by atomic mass is 35.5. The van der Waals surface area contributed by atoms with Crippen LogP contribution in [0, 0.1) is 0 Å². The zero-order valence-electron chi connectivity index (χ0n) is 7.73. The quantitative estimate of drug-likeness (QED) is 0.779. The molecule has 0 aliphatic carbocycles. The van der Waals surface area contributed by atoms with E-state index in [4.69, 9.17) is 11.6 Å². The Morgan fingerprint density at radius 3 is 2.93 bits per heavy atom. The molecule has 1 amide bonds. The highest BCUT2D eigenvalue weighted by Gasteiger charge is 2.28. The number of likely N-dealkylation sites (tertiary alicyclic amines) is 1. The number of hydrogen-bond donors (Lipinski definition) is 0. The Bertz CT molecular complexity index is 354. The number of amides is 1. The van der Waals surface area contributed by atoms with Crippen LogP contribution in [0.15, 0.2) is 0 Å². The van der Waals surface area contributed by atoms with Crippen molar-refractivity contribution in [3.05, 3.63) is 9.47 Å². The predicted molar refractivity (Wildman–Crippen MR) is 54.2 cm³/mol. The van der Waals surface area contributed by atoms with Crippen molar-refractivity contribution in [2.45, 2.75) is 32.4 Å². The largest absolute Gasteiger partial charge is 0.333 e. The van der Waals surface area contributed by atoms with Crippen LogP contribution in [-0.2, 0) is 11.3 Å². The maximum Gasteiger partial charge on any atom is 0.223 e. The monoisotopic (exact) mass is 231 g/mol. The first kappa shape index (κ1) is 9.86. The molecule has 1 aliphatic rings. The summed E-state index contributed by atoms with van der Waals surface area (Å²) in [6.45, 7) is 2.60. The van der Waals surface area contributed by atoms with E-state index in [1.54, 1.807) is 0 Å². The average Bonchev–Trinajstić information content (AvgIpc) is 2.67. The van der Waals surface area contributed by atoms with Crippen molar-refractivity contribution in [2.24, 2.45) is 0 Å². The van der Waals surface area contributed by atoms with Crippen LogP contribution >= 0.6 is 22.9 Å². The molecule has 2 heterocycles. The van der Waals surface area contributed by atoms with Gasteiger partial charge in [-0.05, 0) is 24.9 Å². The third-order valence-electron chi connectivity index (χ3n) is 2.38. The van der Waals surface area contributed by atoms with Crippen LogP contribution in [0.1, 0.15) is 24.8 Å². The maximum absolute atomic E-state index is 11.4. The fourth-order valence-electron chi connectivity index (χ4n) is 1.56. The van der Waals surface area contributed by atoms with Crippen molar-refractivity contribution in [2.75, 3.05) is 0 Å². The van der Waals surface area contributed by atoms with E-state index in [1.165, 1.54) is 11.3 Å². The third kappa shape index (κ3) is 1.88. The number of carbonyl (C=O) groups excluding carboxylic acids is 1. The topological polar surface area (TPSA) is 46.1 Å². The molecule has 2 rings (SSSR count).